The first-order valence-electron chi connectivity index (χ1n) is 3.80. The van der Waals surface area contributed by atoms with E-state index in [-0.39, 0.29) is 5.91 Å². The number of carbonyl (C=O) groups excluding carboxylic acids is 1. The van der Waals surface area contributed by atoms with Crippen LogP contribution in [0.5, 0.6) is 0 Å². The SMILES string of the molecule is O=C(CN1CC[CH]CC1)NO. The first kappa shape index (κ1) is 8.49. The number of piperidine rings is 1. The Morgan fingerprint density at radius 1 is 1.55 bits per heavy atom. The molecular formula is C7H13N2O2. The van der Waals surface area contributed by atoms with Crippen LogP contribution < -0.4 is 5.48 Å². The molecule has 0 aromatic carbocycles. The second-order valence-electron chi connectivity index (χ2n) is 2.68. The van der Waals surface area contributed by atoms with Crippen molar-refractivity contribution >= 4 is 5.91 Å². The van der Waals surface area contributed by atoms with E-state index < -0.39 is 0 Å². The molecule has 63 valence electrons. The zero-order chi connectivity index (χ0) is 8.10. The summed E-state index contributed by atoms with van der Waals surface area (Å²) in [6.07, 6.45) is 4.30. The van der Waals surface area contributed by atoms with Crippen molar-refractivity contribution in [3.05, 3.63) is 6.42 Å². The van der Waals surface area contributed by atoms with Crippen LogP contribution in [-0.2, 0) is 4.79 Å². The Hall–Kier alpha value is -0.610. The molecule has 1 amide bonds. The summed E-state index contributed by atoms with van der Waals surface area (Å²) in [7, 11) is 0. The van der Waals surface area contributed by atoms with Gasteiger partial charge in [-0.1, -0.05) is 0 Å². The molecule has 1 rings (SSSR count). The van der Waals surface area contributed by atoms with Crippen molar-refractivity contribution in [2.75, 3.05) is 19.6 Å². The highest BCUT2D eigenvalue weighted by Gasteiger charge is 2.12. The lowest BCUT2D eigenvalue weighted by Crippen LogP contribution is -2.38. The van der Waals surface area contributed by atoms with Gasteiger partial charge in [-0.25, -0.2) is 5.48 Å². The van der Waals surface area contributed by atoms with Gasteiger partial charge in [-0.2, -0.15) is 0 Å². The predicted molar refractivity (Wildman–Crippen MR) is 39.9 cm³/mol. The molecule has 1 fully saturated rings. The summed E-state index contributed by atoms with van der Waals surface area (Å²) >= 11 is 0. The van der Waals surface area contributed by atoms with E-state index in [0.717, 1.165) is 25.9 Å². The van der Waals surface area contributed by atoms with Gasteiger partial charge < -0.3 is 0 Å². The van der Waals surface area contributed by atoms with Crippen LogP contribution in [0.25, 0.3) is 0 Å². The number of amides is 1. The van der Waals surface area contributed by atoms with E-state index in [1.165, 1.54) is 0 Å². The third-order valence-corrected chi connectivity index (χ3v) is 1.79. The van der Waals surface area contributed by atoms with Crippen LogP contribution in [0, 0.1) is 6.42 Å². The molecule has 0 atom stereocenters. The molecule has 0 aromatic heterocycles. The molecule has 0 aliphatic carbocycles. The number of nitrogens with zero attached hydrogens (tertiary/aromatic N) is 1. The van der Waals surface area contributed by atoms with Crippen molar-refractivity contribution in [2.45, 2.75) is 12.8 Å². The van der Waals surface area contributed by atoms with Crippen molar-refractivity contribution in [3.63, 3.8) is 0 Å². The minimum Gasteiger partial charge on any atom is -0.294 e. The quantitative estimate of drug-likeness (QED) is 0.431. The normalized spacial score (nSPS) is 19.7. The Labute approximate surface area is 66.1 Å². The highest BCUT2D eigenvalue weighted by atomic mass is 16.5. The number of hydrogen-bond donors (Lipinski definition) is 2. The van der Waals surface area contributed by atoms with Crippen molar-refractivity contribution in [2.24, 2.45) is 0 Å². The number of rotatable bonds is 2. The summed E-state index contributed by atoms with van der Waals surface area (Å²) in [6, 6.07) is 0. The van der Waals surface area contributed by atoms with Crippen LogP contribution >= 0.6 is 0 Å². The first-order chi connectivity index (χ1) is 5.33. The maximum atomic E-state index is 10.7. The van der Waals surface area contributed by atoms with Crippen LogP contribution in [0.3, 0.4) is 0 Å². The topological polar surface area (TPSA) is 52.6 Å². The summed E-state index contributed by atoms with van der Waals surface area (Å²) < 4.78 is 0. The standard InChI is InChI=1S/C7H13N2O2/c10-7(8-11)6-9-4-2-1-3-5-9/h1,11H,2-6H2,(H,8,10). The van der Waals surface area contributed by atoms with Crippen molar-refractivity contribution in [1.29, 1.82) is 0 Å². The summed E-state index contributed by atoms with van der Waals surface area (Å²) in [5.74, 6) is -0.327. The predicted octanol–water partition coefficient (Wildman–Crippen LogP) is -0.208. The van der Waals surface area contributed by atoms with E-state index in [1.807, 2.05) is 4.90 Å². The monoisotopic (exact) mass is 157 g/mol. The fourth-order valence-electron chi connectivity index (χ4n) is 1.20. The third-order valence-electron chi connectivity index (χ3n) is 1.79. The number of hydrogen-bond acceptors (Lipinski definition) is 3. The average molecular weight is 157 g/mol. The van der Waals surface area contributed by atoms with Crippen LogP contribution in [0.15, 0.2) is 0 Å². The highest BCUT2D eigenvalue weighted by Crippen LogP contribution is 2.06. The molecular weight excluding hydrogens is 144 g/mol. The molecule has 11 heavy (non-hydrogen) atoms. The van der Waals surface area contributed by atoms with Crippen LogP contribution in [0.4, 0.5) is 0 Å². The lowest BCUT2D eigenvalue weighted by Gasteiger charge is -2.24. The number of carbonyl (C=O) groups is 1. The Balaban J connectivity index is 2.19. The minimum absolute atomic E-state index is 0.310. The van der Waals surface area contributed by atoms with E-state index in [9.17, 15) is 4.79 Å². The van der Waals surface area contributed by atoms with E-state index in [0.29, 0.717) is 6.54 Å². The summed E-state index contributed by atoms with van der Waals surface area (Å²) in [6.45, 7) is 2.16. The van der Waals surface area contributed by atoms with Gasteiger partial charge in [0.15, 0.2) is 0 Å². The summed E-state index contributed by atoms with van der Waals surface area (Å²) in [5.41, 5.74) is 1.62. The molecule has 1 heterocycles. The molecule has 4 heteroatoms. The molecule has 0 unspecified atom stereocenters. The molecule has 1 aliphatic heterocycles. The Kier molecular flexibility index (Phi) is 3.32. The Morgan fingerprint density at radius 3 is 2.73 bits per heavy atom. The van der Waals surface area contributed by atoms with Crippen LogP contribution in [-0.4, -0.2) is 35.6 Å². The van der Waals surface area contributed by atoms with Gasteiger partial charge in [0, 0.05) is 0 Å². The van der Waals surface area contributed by atoms with E-state index in [4.69, 9.17) is 5.21 Å². The van der Waals surface area contributed by atoms with Gasteiger partial charge in [0.1, 0.15) is 0 Å². The zero-order valence-electron chi connectivity index (χ0n) is 6.42. The van der Waals surface area contributed by atoms with Gasteiger partial charge in [-0.3, -0.25) is 14.9 Å². The van der Waals surface area contributed by atoms with Gasteiger partial charge >= 0.3 is 0 Å². The van der Waals surface area contributed by atoms with Gasteiger partial charge in [-0.05, 0) is 32.4 Å². The average Bonchev–Trinajstić information content (AvgIpc) is 2.06. The van der Waals surface area contributed by atoms with E-state index in [2.05, 4.69) is 6.42 Å². The second-order valence-corrected chi connectivity index (χ2v) is 2.68. The molecule has 0 bridgehead atoms. The smallest absolute Gasteiger partial charge is 0.257 e. The number of hydroxylamine groups is 1. The fourth-order valence-corrected chi connectivity index (χ4v) is 1.20. The molecule has 0 saturated carbocycles. The third kappa shape index (κ3) is 2.86. The van der Waals surface area contributed by atoms with Crippen molar-refractivity contribution in [3.8, 4) is 0 Å². The fraction of sp³-hybridized carbons (Fsp3) is 0.714. The molecule has 4 nitrogen and oxygen atoms in total. The number of nitrogens with one attached hydrogen (secondary N) is 1. The molecule has 1 aliphatic rings. The largest absolute Gasteiger partial charge is 0.294 e. The Morgan fingerprint density at radius 2 is 2.18 bits per heavy atom. The van der Waals surface area contributed by atoms with E-state index in [1.54, 1.807) is 5.48 Å². The molecule has 2 N–H and O–H groups in total. The van der Waals surface area contributed by atoms with Gasteiger partial charge in [0.05, 0.1) is 6.54 Å². The van der Waals surface area contributed by atoms with Gasteiger partial charge in [0.2, 0.25) is 0 Å². The first-order valence-corrected chi connectivity index (χ1v) is 3.80. The molecule has 0 aromatic rings. The van der Waals surface area contributed by atoms with E-state index >= 15 is 0 Å². The van der Waals surface area contributed by atoms with Crippen LogP contribution in [0.1, 0.15) is 12.8 Å². The number of likely N-dealkylation sites (tertiary alicyclic amines) is 1. The molecule has 1 saturated heterocycles. The maximum absolute atomic E-state index is 10.7. The lowest BCUT2D eigenvalue weighted by atomic mass is 10.1. The van der Waals surface area contributed by atoms with Crippen LogP contribution in [0.2, 0.25) is 0 Å². The second kappa shape index (κ2) is 4.31. The maximum Gasteiger partial charge on any atom is 0.257 e. The molecule has 1 radical (unpaired) electrons. The highest BCUT2D eigenvalue weighted by molar-refractivity contribution is 5.76. The van der Waals surface area contributed by atoms with Gasteiger partial charge in [0.25, 0.3) is 5.91 Å². The lowest BCUT2D eigenvalue weighted by molar-refractivity contribution is -0.130. The van der Waals surface area contributed by atoms with Crippen molar-refractivity contribution in [1.82, 2.24) is 10.4 Å². The summed E-state index contributed by atoms with van der Waals surface area (Å²) in [4.78, 5) is 12.7. The minimum atomic E-state index is -0.327. The van der Waals surface area contributed by atoms with Crippen molar-refractivity contribution < 1.29 is 10.0 Å². The Bertz CT molecular complexity index is 132. The summed E-state index contributed by atoms with van der Waals surface area (Å²) in [5, 5.41) is 8.23. The molecule has 0 spiro atoms. The zero-order valence-corrected chi connectivity index (χ0v) is 6.42. The van der Waals surface area contributed by atoms with Gasteiger partial charge in [-0.15, -0.1) is 0 Å².